The molecule has 0 spiro atoms. The summed E-state index contributed by atoms with van der Waals surface area (Å²) in [6.07, 6.45) is 0.670. The molecule has 3 amide bonds. The van der Waals surface area contributed by atoms with Gasteiger partial charge in [0.05, 0.1) is 18.0 Å². The van der Waals surface area contributed by atoms with Gasteiger partial charge in [-0.25, -0.2) is 0 Å². The molecule has 11 heteroatoms. The van der Waals surface area contributed by atoms with Crippen LogP contribution < -0.4 is 16.0 Å². The Bertz CT molecular complexity index is 1380. The summed E-state index contributed by atoms with van der Waals surface area (Å²) in [5, 5.41) is 10.2. The summed E-state index contributed by atoms with van der Waals surface area (Å²) in [6, 6.07) is 12.7. The van der Waals surface area contributed by atoms with Crippen LogP contribution in [0.1, 0.15) is 34.2 Å². The molecule has 4 N–H and O–H groups in total. The highest BCUT2D eigenvalue weighted by molar-refractivity contribution is 6.05. The van der Waals surface area contributed by atoms with E-state index < -0.39 is 5.91 Å². The predicted molar refractivity (Wildman–Crippen MR) is 143 cm³/mol. The molecule has 1 aromatic heterocycles. The maximum atomic E-state index is 13.0. The van der Waals surface area contributed by atoms with E-state index in [1.165, 1.54) is 0 Å². The Hall–Kier alpha value is -4.25. The average molecular weight is 518 g/mol. The van der Waals surface area contributed by atoms with Gasteiger partial charge >= 0.3 is 0 Å². The molecule has 2 aliphatic heterocycles. The number of Topliss-reactive ketones (excluding diaryl/α,β-unsaturated/α-hetero) is 1. The molecule has 38 heavy (non-hydrogen) atoms. The quantitative estimate of drug-likeness (QED) is 0.403. The second-order valence-corrected chi connectivity index (χ2v) is 9.88. The first-order chi connectivity index (χ1) is 18.3. The van der Waals surface area contributed by atoms with Crippen LogP contribution in [0.4, 0.5) is 11.4 Å². The number of fused-ring (bicyclic) bond motifs is 1. The maximum Gasteiger partial charge on any atom is 0.269 e. The number of H-pyrrole nitrogens is 1. The lowest BCUT2D eigenvalue weighted by Gasteiger charge is -2.36. The van der Waals surface area contributed by atoms with Gasteiger partial charge in [-0.05, 0) is 62.4 Å². The van der Waals surface area contributed by atoms with Crippen molar-refractivity contribution in [2.24, 2.45) is 11.7 Å². The molecule has 5 rings (SSSR count). The minimum Gasteiger partial charge on any atom is -0.368 e. The van der Waals surface area contributed by atoms with Gasteiger partial charge in [0.15, 0.2) is 11.5 Å². The van der Waals surface area contributed by atoms with E-state index >= 15 is 0 Å². The number of amides is 3. The summed E-state index contributed by atoms with van der Waals surface area (Å²) in [5.41, 5.74) is 8.47. The summed E-state index contributed by atoms with van der Waals surface area (Å²) < 4.78 is 0. The summed E-state index contributed by atoms with van der Waals surface area (Å²) in [6.45, 7) is 5.77. The second-order valence-electron chi connectivity index (χ2n) is 9.88. The molecule has 0 saturated carbocycles. The number of anilines is 2. The monoisotopic (exact) mass is 517 g/mol. The van der Waals surface area contributed by atoms with Crippen LogP contribution in [0.2, 0.25) is 0 Å². The molecule has 0 radical (unpaired) electrons. The van der Waals surface area contributed by atoms with Crippen LogP contribution in [0.5, 0.6) is 0 Å². The standard InChI is InChI=1S/C27H31N7O4/c1-17(35)18-2-5-21(6-3-18)33-10-12-34(13-11-33)24(36)16-32-9-8-19(15-32)27(38)29-20-4-7-23-22(14-20)25(26(28)37)31-30-23/h2-7,14,19H,8-13,15-16H2,1H3,(H2,28,37)(H,29,38)(H,30,31)/t19-/m1/s1. The number of carbonyl (C=O) groups is 4. The lowest BCUT2D eigenvalue weighted by atomic mass is 10.1. The molecule has 3 heterocycles. The third-order valence-corrected chi connectivity index (χ3v) is 7.34. The van der Waals surface area contributed by atoms with Crippen molar-refractivity contribution >= 4 is 45.8 Å². The zero-order chi connectivity index (χ0) is 26.8. The fraction of sp³-hybridized carbons (Fsp3) is 0.370. The lowest BCUT2D eigenvalue weighted by molar-refractivity contribution is -0.132. The van der Waals surface area contributed by atoms with Gasteiger partial charge < -0.3 is 20.9 Å². The number of nitrogens with zero attached hydrogens (tertiary/aromatic N) is 4. The minimum atomic E-state index is -0.638. The second kappa shape index (κ2) is 10.6. The molecule has 0 bridgehead atoms. The van der Waals surface area contributed by atoms with E-state index in [0.29, 0.717) is 61.3 Å². The molecule has 1 atom stereocenters. The van der Waals surface area contributed by atoms with Gasteiger partial charge in [0.2, 0.25) is 11.8 Å². The molecular formula is C27H31N7O4. The van der Waals surface area contributed by atoms with Crippen LogP contribution in [0.15, 0.2) is 42.5 Å². The lowest BCUT2D eigenvalue weighted by Crippen LogP contribution is -2.51. The minimum absolute atomic E-state index is 0.0446. The highest BCUT2D eigenvalue weighted by atomic mass is 16.2. The number of hydrogen-bond acceptors (Lipinski definition) is 7. The van der Waals surface area contributed by atoms with Crippen molar-refractivity contribution in [1.29, 1.82) is 0 Å². The van der Waals surface area contributed by atoms with Crippen LogP contribution in [0, 0.1) is 5.92 Å². The first-order valence-corrected chi connectivity index (χ1v) is 12.7. The number of nitrogens with two attached hydrogens (primary N) is 1. The number of aromatic nitrogens is 2. The first kappa shape index (κ1) is 25.4. The Morgan fingerprint density at radius 1 is 1.03 bits per heavy atom. The Kier molecular flexibility index (Phi) is 7.10. The van der Waals surface area contributed by atoms with E-state index in [4.69, 9.17) is 5.73 Å². The third kappa shape index (κ3) is 5.37. The molecule has 198 valence electrons. The zero-order valence-corrected chi connectivity index (χ0v) is 21.3. The van der Waals surface area contributed by atoms with Crippen LogP contribution in [-0.2, 0) is 9.59 Å². The Morgan fingerprint density at radius 2 is 1.76 bits per heavy atom. The Labute approximate surface area is 219 Å². The van der Waals surface area contributed by atoms with Crippen molar-refractivity contribution < 1.29 is 19.2 Å². The topological polar surface area (TPSA) is 145 Å². The van der Waals surface area contributed by atoms with Gasteiger partial charge in [-0.15, -0.1) is 0 Å². The summed E-state index contributed by atoms with van der Waals surface area (Å²) in [4.78, 5) is 55.0. The van der Waals surface area contributed by atoms with Crippen LogP contribution in [0.3, 0.4) is 0 Å². The van der Waals surface area contributed by atoms with Gasteiger partial charge in [-0.3, -0.25) is 29.2 Å². The molecule has 2 aliphatic rings. The fourth-order valence-electron chi connectivity index (χ4n) is 5.13. The number of nitrogens with one attached hydrogen (secondary N) is 2. The van der Waals surface area contributed by atoms with E-state index in [1.807, 2.05) is 34.1 Å². The van der Waals surface area contributed by atoms with E-state index in [-0.39, 0.29) is 29.2 Å². The zero-order valence-electron chi connectivity index (χ0n) is 21.3. The number of carbonyl (C=O) groups excluding carboxylic acids is 4. The number of primary amides is 1. The number of hydrogen-bond donors (Lipinski definition) is 3. The van der Waals surface area contributed by atoms with Gasteiger partial charge in [0.25, 0.3) is 5.91 Å². The number of likely N-dealkylation sites (tertiary alicyclic amines) is 1. The summed E-state index contributed by atoms with van der Waals surface area (Å²) in [7, 11) is 0. The highest BCUT2D eigenvalue weighted by Crippen LogP contribution is 2.23. The van der Waals surface area contributed by atoms with Crippen molar-refractivity contribution in [2.75, 3.05) is 56.0 Å². The number of aromatic amines is 1. The average Bonchev–Trinajstić information content (AvgIpc) is 3.56. The SMILES string of the molecule is CC(=O)c1ccc(N2CCN(C(=O)CN3CC[C@@H](C(=O)Nc4ccc5[nH]nc(C(N)=O)c5c4)C3)CC2)cc1. The first-order valence-electron chi connectivity index (χ1n) is 12.7. The Morgan fingerprint density at radius 3 is 2.45 bits per heavy atom. The molecule has 2 saturated heterocycles. The predicted octanol–water partition coefficient (Wildman–Crippen LogP) is 1.47. The summed E-state index contributed by atoms with van der Waals surface area (Å²) in [5.74, 6) is -0.869. The van der Waals surface area contributed by atoms with Crippen LogP contribution in [-0.4, -0.2) is 89.3 Å². The van der Waals surface area contributed by atoms with E-state index in [1.54, 1.807) is 25.1 Å². The number of rotatable bonds is 7. The van der Waals surface area contributed by atoms with Crippen LogP contribution >= 0.6 is 0 Å². The smallest absolute Gasteiger partial charge is 0.269 e. The third-order valence-electron chi connectivity index (χ3n) is 7.34. The fourth-order valence-corrected chi connectivity index (χ4v) is 5.13. The van der Waals surface area contributed by atoms with Crippen molar-refractivity contribution in [1.82, 2.24) is 20.0 Å². The van der Waals surface area contributed by atoms with Crippen molar-refractivity contribution in [3.8, 4) is 0 Å². The Balaban J connectivity index is 1.10. The van der Waals surface area contributed by atoms with Crippen LogP contribution in [0.25, 0.3) is 10.9 Å². The van der Waals surface area contributed by atoms with E-state index in [9.17, 15) is 19.2 Å². The van der Waals surface area contributed by atoms with E-state index in [0.717, 1.165) is 18.8 Å². The van der Waals surface area contributed by atoms with Crippen molar-refractivity contribution in [3.63, 3.8) is 0 Å². The molecule has 0 aliphatic carbocycles. The molecule has 2 aromatic carbocycles. The number of piperazine rings is 1. The van der Waals surface area contributed by atoms with Crippen molar-refractivity contribution in [3.05, 3.63) is 53.7 Å². The van der Waals surface area contributed by atoms with E-state index in [2.05, 4.69) is 20.4 Å². The normalized spacial score (nSPS) is 18.1. The molecule has 11 nitrogen and oxygen atoms in total. The molecule has 0 unspecified atom stereocenters. The largest absolute Gasteiger partial charge is 0.368 e. The molecule has 3 aromatic rings. The van der Waals surface area contributed by atoms with Gasteiger partial charge in [0, 0.05) is 55.0 Å². The summed E-state index contributed by atoms with van der Waals surface area (Å²) >= 11 is 0. The maximum absolute atomic E-state index is 13.0. The number of ketones is 1. The van der Waals surface area contributed by atoms with Gasteiger partial charge in [-0.2, -0.15) is 5.10 Å². The molecular weight excluding hydrogens is 486 g/mol. The number of benzene rings is 2. The van der Waals surface area contributed by atoms with Crippen molar-refractivity contribution in [2.45, 2.75) is 13.3 Å². The molecule has 2 fully saturated rings. The van der Waals surface area contributed by atoms with Gasteiger partial charge in [-0.1, -0.05) is 0 Å². The van der Waals surface area contributed by atoms with Gasteiger partial charge in [0.1, 0.15) is 0 Å². The highest BCUT2D eigenvalue weighted by Gasteiger charge is 2.31.